The van der Waals surface area contributed by atoms with Gasteiger partial charge in [0.25, 0.3) is 0 Å². The molecule has 0 aliphatic carbocycles. The number of hydrogen-bond acceptors (Lipinski definition) is 6. The Morgan fingerprint density at radius 2 is 1.66 bits per heavy atom. The summed E-state index contributed by atoms with van der Waals surface area (Å²) in [5, 5.41) is 3.39. The number of rotatable bonds is 8. The number of anilines is 1. The maximum absolute atomic E-state index is 13.3. The van der Waals surface area contributed by atoms with E-state index in [4.69, 9.17) is 20.8 Å². The van der Waals surface area contributed by atoms with E-state index >= 15 is 0 Å². The Bertz CT molecular complexity index is 1290. The number of hydrogen-bond donors (Lipinski definition) is 1. The summed E-state index contributed by atoms with van der Waals surface area (Å²) in [7, 11) is -2.30. The molecule has 0 fully saturated rings. The molecule has 1 heterocycles. The Kier molecular flexibility index (Phi) is 6.48. The van der Waals surface area contributed by atoms with Crippen LogP contribution in [0.25, 0.3) is 11.5 Å². The van der Waals surface area contributed by atoms with Crippen molar-refractivity contribution in [2.75, 3.05) is 19.0 Å². The lowest BCUT2D eigenvalue weighted by Gasteiger charge is -2.07. The monoisotopic (exact) mass is 468 g/mol. The van der Waals surface area contributed by atoms with Gasteiger partial charge < -0.3 is 14.5 Å². The van der Waals surface area contributed by atoms with Gasteiger partial charge in [0.15, 0.2) is 0 Å². The number of methoxy groups -OCH3 is 1. The summed E-state index contributed by atoms with van der Waals surface area (Å²) in [4.78, 5) is 4.42. The van der Waals surface area contributed by atoms with Gasteiger partial charge in [-0.2, -0.15) is 4.98 Å². The summed E-state index contributed by atoms with van der Waals surface area (Å²) < 4.78 is 37.6. The van der Waals surface area contributed by atoms with E-state index < -0.39 is 9.84 Å². The topological polar surface area (TPSA) is 81.4 Å². The number of aromatic nitrogens is 1. The van der Waals surface area contributed by atoms with Crippen LogP contribution in [0.4, 0.5) is 5.88 Å². The number of benzene rings is 3. The second-order valence-corrected chi connectivity index (χ2v) is 9.30. The van der Waals surface area contributed by atoms with Crippen molar-refractivity contribution in [2.24, 2.45) is 0 Å². The second-order valence-electron chi connectivity index (χ2n) is 7.00. The van der Waals surface area contributed by atoms with Gasteiger partial charge in [0.05, 0.1) is 12.0 Å². The molecule has 6 nitrogen and oxygen atoms in total. The van der Waals surface area contributed by atoms with Gasteiger partial charge in [-0.1, -0.05) is 41.9 Å². The van der Waals surface area contributed by atoms with E-state index in [0.29, 0.717) is 23.6 Å². The van der Waals surface area contributed by atoms with Crippen molar-refractivity contribution in [2.45, 2.75) is 16.3 Å². The fraction of sp³-hybridized carbons (Fsp3) is 0.125. The zero-order valence-corrected chi connectivity index (χ0v) is 18.9. The summed E-state index contributed by atoms with van der Waals surface area (Å²) in [6.07, 6.45) is 0.659. The molecule has 3 aromatic carbocycles. The molecule has 32 heavy (non-hydrogen) atoms. The number of sulfone groups is 1. The predicted octanol–water partition coefficient (Wildman–Crippen LogP) is 5.49. The molecule has 4 aromatic rings. The fourth-order valence-electron chi connectivity index (χ4n) is 3.14. The first-order valence-corrected chi connectivity index (χ1v) is 11.8. The standard InChI is InChI=1S/C24H21ClN2O4S/c1-30-20-11-7-17(8-12-20)15-16-26-23-24(27-22(31-23)18-5-3-2-4-6-18)32(28,29)21-13-9-19(25)10-14-21/h2-14,26H,15-16H2,1H3. The molecule has 0 atom stereocenters. The molecule has 164 valence electrons. The first kappa shape index (κ1) is 21.9. The molecular weight excluding hydrogens is 448 g/mol. The lowest BCUT2D eigenvalue weighted by atomic mass is 10.1. The summed E-state index contributed by atoms with van der Waals surface area (Å²) in [6.45, 7) is 0.457. The van der Waals surface area contributed by atoms with E-state index in [9.17, 15) is 8.42 Å². The number of ether oxygens (including phenoxy) is 1. The average Bonchev–Trinajstić information content (AvgIpc) is 3.25. The van der Waals surface area contributed by atoms with Crippen molar-refractivity contribution >= 4 is 27.3 Å². The molecule has 1 aromatic heterocycles. The Morgan fingerprint density at radius 3 is 2.31 bits per heavy atom. The molecule has 0 saturated heterocycles. The third-order valence-electron chi connectivity index (χ3n) is 4.85. The van der Waals surface area contributed by atoms with Crippen molar-refractivity contribution < 1.29 is 17.6 Å². The van der Waals surface area contributed by atoms with Crippen LogP contribution in [0, 0.1) is 0 Å². The maximum atomic E-state index is 13.3. The summed E-state index contributed by atoms with van der Waals surface area (Å²) in [5.41, 5.74) is 1.76. The van der Waals surface area contributed by atoms with Gasteiger partial charge in [-0.15, -0.1) is 0 Å². The molecule has 0 spiro atoms. The molecule has 0 aliphatic rings. The van der Waals surface area contributed by atoms with Crippen LogP contribution in [0.2, 0.25) is 5.02 Å². The highest BCUT2D eigenvalue weighted by atomic mass is 35.5. The SMILES string of the molecule is COc1ccc(CCNc2oc(-c3ccccc3)nc2S(=O)(=O)c2ccc(Cl)cc2)cc1. The Balaban J connectivity index is 1.63. The van der Waals surface area contributed by atoms with Crippen LogP contribution in [0.1, 0.15) is 5.56 Å². The second kappa shape index (κ2) is 9.46. The molecule has 0 radical (unpaired) electrons. The first-order chi connectivity index (χ1) is 15.5. The third kappa shape index (κ3) is 4.79. The van der Waals surface area contributed by atoms with Gasteiger partial charge in [0.1, 0.15) is 5.75 Å². The summed E-state index contributed by atoms with van der Waals surface area (Å²) >= 11 is 5.92. The molecule has 4 rings (SSSR count). The van der Waals surface area contributed by atoms with Crippen LogP contribution in [0.15, 0.2) is 93.2 Å². The van der Waals surface area contributed by atoms with Crippen LogP contribution < -0.4 is 10.1 Å². The molecule has 0 amide bonds. The highest BCUT2D eigenvalue weighted by Crippen LogP contribution is 2.32. The molecule has 0 aliphatic heterocycles. The Morgan fingerprint density at radius 1 is 0.969 bits per heavy atom. The van der Waals surface area contributed by atoms with Crippen LogP contribution in [-0.4, -0.2) is 27.1 Å². The van der Waals surface area contributed by atoms with Crippen molar-refractivity contribution in [3.63, 3.8) is 0 Å². The maximum Gasteiger partial charge on any atom is 0.233 e. The minimum absolute atomic E-state index is 0.0908. The van der Waals surface area contributed by atoms with Crippen LogP contribution in [0.5, 0.6) is 5.75 Å². The molecule has 0 saturated carbocycles. The predicted molar refractivity (Wildman–Crippen MR) is 124 cm³/mol. The number of halogens is 1. The molecule has 1 N–H and O–H groups in total. The minimum atomic E-state index is -3.92. The summed E-state index contributed by atoms with van der Waals surface area (Å²) in [5.74, 6) is 1.11. The van der Waals surface area contributed by atoms with Crippen molar-refractivity contribution in [3.05, 3.63) is 89.4 Å². The van der Waals surface area contributed by atoms with Gasteiger partial charge in [0.2, 0.25) is 26.6 Å². The Labute approximate surface area is 191 Å². The normalized spacial score (nSPS) is 11.3. The highest BCUT2D eigenvalue weighted by Gasteiger charge is 2.28. The largest absolute Gasteiger partial charge is 0.497 e. The average molecular weight is 469 g/mol. The zero-order chi connectivity index (χ0) is 22.6. The van der Waals surface area contributed by atoms with Crippen molar-refractivity contribution in [1.29, 1.82) is 0 Å². The quantitative estimate of drug-likeness (QED) is 0.368. The fourth-order valence-corrected chi connectivity index (χ4v) is 4.55. The summed E-state index contributed by atoms with van der Waals surface area (Å²) in [6, 6.07) is 22.8. The zero-order valence-electron chi connectivity index (χ0n) is 17.3. The molecule has 0 unspecified atom stereocenters. The van der Waals surface area contributed by atoms with E-state index in [1.54, 1.807) is 7.11 Å². The van der Waals surface area contributed by atoms with Crippen molar-refractivity contribution in [3.8, 4) is 17.2 Å². The minimum Gasteiger partial charge on any atom is -0.497 e. The van der Waals surface area contributed by atoms with E-state index in [2.05, 4.69) is 10.3 Å². The number of nitrogens with one attached hydrogen (secondary N) is 1. The van der Waals surface area contributed by atoms with E-state index in [-0.39, 0.29) is 21.7 Å². The van der Waals surface area contributed by atoms with E-state index in [0.717, 1.165) is 11.3 Å². The Hall–Kier alpha value is -3.29. The van der Waals surface area contributed by atoms with Gasteiger partial charge in [0, 0.05) is 17.1 Å². The number of oxazole rings is 1. The van der Waals surface area contributed by atoms with Crippen molar-refractivity contribution in [1.82, 2.24) is 4.98 Å². The van der Waals surface area contributed by atoms with Crippen LogP contribution >= 0.6 is 11.6 Å². The third-order valence-corrected chi connectivity index (χ3v) is 6.78. The van der Waals surface area contributed by atoms with Gasteiger partial charge >= 0.3 is 0 Å². The van der Waals surface area contributed by atoms with Gasteiger partial charge in [-0.25, -0.2) is 8.42 Å². The van der Waals surface area contributed by atoms with E-state index in [1.807, 2.05) is 54.6 Å². The van der Waals surface area contributed by atoms with Crippen LogP contribution in [0.3, 0.4) is 0 Å². The van der Waals surface area contributed by atoms with Gasteiger partial charge in [-0.3, -0.25) is 0 Å². The first-order valence-electron chi connectivity index (χ1n) is 9.91. The van der Waals surface area contributed by atoms with Crippen LogP contribution in [-0.2, 0) is 16.3 Å². The van der Waals surface area contributed by atoms with Gasteiger partial charge in [-0.05, 0) is 60.5 Å². The van der Waals surface area contributed by atoms with E-state index in [1.165, 1.54) is 24.3 Å². The lowest BCUT2D eigenvalue weighted by Crippen LogP contribution is -2.09. The highest BCUT2D eigenvalue weighted by molar-refractivity contribution is 7.91. The lowest BCUT2D eigenvalue weighted by molar-refractivity contribution is 0.414. The molecule has 0 bridgehead atoms. The number of nitrogens with zero attached hydrogens (tertiary/aromatic N) is 1. The molecule has 8 heteroatoms. The molecular formula is C24H21ClN2O4S. The smallest absolute Gasteiger partial charge is 0.233 e.